The van der Waals surface area contributed by atoms with Crippen LogP contribution in [0.25, 0.3) is 0 Å². The van der Waals surface area contributed by atoms with Crippen molar-refractivity contribution in [2.75, 3.05) is 26.3 Å². The fraction of sp³-hybridized carbons (Fsp3) is 0.500. The Kier molecular flexibility index (Phi) is 5.96. The Balaban J connectivity index is 1.25. The highest BCUT2D eigenvalue weighted by atomic mass is 16.5. The summed E-state index contributed by atoms with van der Waals surface area (Å²) in [5.41, 5.74) is 0.567. The number of aromatic nitrogens is 3. The molecule has 28 heavy (non-hydrogen) atoms. The third-order valence-corrected chi connectivity index (χ3v) is 4.99. The van der Waals surface area contributed by atoms with Crippen LogP contribution < -0.4 is 9.47 Å². The van der Waals surface area contributed by atoms with Gasteiger partial charge < -0.3 is 19.1 Å². The van der Waals surface area contributed by atoms with Crippen LogP contribution in [-0.2, 0) is 4.74 Å². The van der Waals surface area contributed by atoms with Gasteiger partial charge in [0.25, 0.3) is 5.91 Å². The molecule has 2 aromatic heterocycles. The summed E-state index contributed by atoms with van der Waals surface area (Å²) in [6.07, 6.45) is 7.01. The van der Waals surface area contributed by atoms with Gasteiger partial charge in [0, 0.05) is 57.1 Å². The highest BCUT2D eigenvalue weighted by molar-refractivity contribution is 5.94. The van der Waals surface area contributed by atoms with Crippen LogP contribution >= 0.6 is 0 Å². The Labute approximate surface area is 163 Å². The summed E-state index contributed by atoms with van der Waals surface area (Å²) in [5.74, 6) is 1.02. The van der Waals surface area contributed by atoms with E-state index in [0.29, 0.717) is 37.0 Å². The number of rotatable bonds is 6. The molecule has 0 aromatic carbocycles. The quantitative estimate of drug-likeness (QED) is 0.754. The molecule has 2 aliphatic heterocycles. The SMILES string of the molecule is O=C(c1ccc(OCC2CCCO2)nc1)N1CCC(Oc2cccnn2)CC1. The van der Waals surface area contributed by atoms with Gasteiger partial charge in [0.15, 0.2) is 0 Å². The van der Waals surface area contributed by atoms with Crippen LogP contribution in [0.3, 0.4) is 0 Å². The van der Waals surface area contributed by atoms with Crippen LogP contribution in [-0.4, -0.2) is 64.5 Å². The summed E-state index contributed by atoms with van der Waals surface area (Å²) >= 11 is 0. The molecular weight excluding hydrogens is 360 g/mol. The highest BCUT2D eigenvalue weighted by Crippen LogP contribution is 2.19. The first-order valence-electron chi connectivity index (χ1n) is 9.72. The Bertz CT molecular complexity index is 758. The van der Waals surface area contributed by atoms with E-state index < -0.39 is 0 Å². The third kappa shape index (κ3) is 4.75. The average molecular weight is 384 g/mol. The second-order valence-electron chi connectivity index (χ2n) is 7.00. The van der Waals surface area contributed by atoms with Crippen molar-refractivity contribution in [3.05, 3.63) is 42.2 Å². The van der Waals surface area contributed by atoms with Gasteiger partial charge in [0.05, 0.1) is 11.7 Å². The predicted octanol–water partition coefficient (Wildman–Crippen LogP) is 2.11. The van der Waals surface area contributed by atoms with Crippen LogP contribution in [0, 0.1) is 0 Å². The lowest BCUT2D eigenvalue weighted by Gasteiger charge is -2.31. The molecule has 0 bridgehead atoms. The number of hydrogen-bond acceptors (Lipinski definition) is 7. The molecule has 2 saturated heterocycles. The number of ether oxygens (including phenoxy) is 3. The molecule has 2 aromatic rings. The zero-order valence-electron chi connectivity index (χ0n) is 15.7. The number of pyridine rings is 1. The van der Waals surface area contributed by atoms with Crippen molar-refractivity contribution in [3.63, 3.8) is 0 Å². The van der Waals surface area contributed by atoms with Gasteiger partial charge in [-0.15, -0.1) is 5.10 Å². The average Bonchev–Trinajstić information content (AvgIpc) is 3.27. The second-order valence-corrected chi connectivity index (χ2v) is 7.00. The lowest BCUT2D eigenvalue weighted by molar-refractivity contribution is 0.0584. The maximum absolute atomic E-state index is 12.7. The van der Waals surface area contributed by atoms with Crippen molar-refractivity contribution in [1.82, 2.24) is 20.1 Å². The summed E-state index contributed by atoms with van der Waals surface area (Å²) in [7, 11) is 0. The first-order chi connectivity index (χ1) is 13.8. The monoisotopic (exact) mass is 384 g/mol. The number of carbonyl (C=O) groups is 1. The van der Waals surface area contributed by atoms with E-state index in [2.05, 4.69) is 15.2 Å². The van der Waals surface area contributed by atoms with E-state index in [-0.39, 0.29) is 18.1 Å². The zero-order chi connectivity index (χ0) is 19.2. The number of carbonyl (C=O) groups excluding carboxylic acids is 1. The normalized spacial score (nSPS) is 20.1. The van der Waals surface area contributed by atoms with Crippen LogP contribution in [0.4, 0.5) is 0 Å². The number of nitrogens with zero attached hydrogens (tertiary/aromatic N) is 4. The first-order valence-corrected chi connectivity index (χ1v) is 9.72. The molecule has 0 spiro atoms. The first kappa shape index (κ1) is 18.6. The second kappa shape index (κ2) is 8.97. The molecule has 0 N–H and O–H groups in total. The Morgan fingerprint density at radius 2 is 2.07 bits per heavy atom. The fourth-order valence-electron chi connectivity index (χ4n) is 3.43. The van der Waals surface area contributed by atoms with Gasteiger partial charge in [-0.05, 0) is 25.0 Å². The lowest BCUT2D eigenvalue weighted by Crippen LogP contribution is -2.41. The van der Waals surface area contributed by atoms with Crippen LogP contribution in [0.2, 0.25) is 0 Å². The van der Waals surface area contributed by atoms with Gasteiger partial charge in [-0.3, -0.25) is 4.79 Å². The van der Waals surface area contributed by atoms with E-state index in [9.17, 15) is 4.79 Å². The van der Waals surface area contributed by atoms with Gasteiger partial charge in [-0.2, -0.15) is 5.10 Å². The molecular formula is C20H24N4O4. The minimum absolute atomic E-state index is 0.0175. The molecule has 148 valence electrons. The summed E-state index contributed by atoms with van der Waals surface area (Å²) < 4.78 is 17.0. The van der Waals surface area contributed by atoms with E-state index in [4.69, 9.17) is 14.2 Å². The topological polar surface area (TPSA) is 86.7 Å². The zero-order valence-corrected chi connectivity index (χ0v) is 15.7. The standard InChI is InChI=1S/C20H24N4O4/c25-20(15-5-6-18(21-13-15)27-14-17-3-2-12-26-17)24-10-7-16(8-11-24)28-19-4-1-9-22-23-19/h1,4-6,9,13,16-17H,2-3,7-8,10-12,14H2. The largest absolute Gasteiger partial charge is 0.475 e. The third-order valence-electron chi connectivity index (χ3n) is 4.99. The molecule has 1 atom stereocenters. The van der Waals surface area contributed by atoms with E-state index in [0.717, 1.165) is 32.3 Å². The number of amides is 1. The summed E-state index contributed by atoms with van der Waals surface area (Å²) in [6, 6.07) is 7.09. The Morgan fingerprint density at radius 3 is 2.75 bits per heavy atom. The van der Waals surface area contributed by atoms with Crippen molar-refractivity contribution in [2.45, 2.75) is 37.9 Å². The van der Waals surface area contributed by atoms with Crippen LogP contribution in [0.15, 0.2) is 36.7 Å². The lowest BCUT2D eigenvalue weighted by atomic mass is 10.1. The van der Waals surface area contributed by atoms with E-state index in [1.54, 1.807) is 36.7 Å². The van der Waals surface area contributed by atoms with Crippen molar-refractivity contribution in [2.24, 2.45) is 0 Å². The van der Waals surface area contributed by atoms with Gasteiger partial charge in [-0.25, -0.2) is 4.98 Å². The van der Waals surface area contributed by atoms with Crippen LogP contribution in [0.1, 0.15) is 36.0 Å². The molecule has 0 saturated carbocycles. The summed E-state index contributed by atoms with van der Waals surface area (Å²) in [6.45, 7) is 2.58. The number of likely N-dealkylation sites (tertiary alicyclic amines) is 1. The number of piperidine rings is 1. The maximum atomic E-state index is 12.7. The van der Waals surface area contributed by atoms with Gasteiger partial charge in [0.1, 0.15) is 12.7 Å². The molecule has 2 fully saturated rings. The van der Waals surface area contributed by atoms with Gasteiger partial charge in [-0.1, -0.05) is 0 Å². The Hall–Kier alpha value is -2.74. The van der Waals surface area contributed by atoms with Crippen molar-refractivity contribution >= 4 is 5.91 Å². The van der Waals surface area contributed by atoms with Gasteiger partial charge in [0.2, 0.25) is 11.8 Å². The molecule has 0 aliphatic carbocycles. The fourth-order valence-corrected chi connectivity index (χ4v) is 3.43. The van der Waals surface area contributed by atoms with E-state index in [1.807, 2.05) is 4.90 Å². The molecule has 4 heterocycles. The Morgan fingerprint density at radius 1 is 1.18 bits per heavy atom. The molecule has 2 aliphatic rings. The van der Waals surface area contributed by atoms with Crippen LogP contribution in [0.5, 0.6) is 11.8 Å². The smallest absolute Gasteiger partial charge is 0.255 e. The summed E-state index contributed by atoms with van der Waals surface area (Å²) in [4.78, 5) is 18.8. The minimum atomic E-state index is -0.0175. The maximum Gasteiger partial charge on any atom is 0.255 e. The predicted molar refractivity (Wildman–Crippen MR) is 100 cm³/mol. The minimum Gasteiger partial charge on any atom is -0.475 e. The molecule has 0 radical (unpaired) electrons. The van der Waals surface area contributed by atoms with Crippen molar-refractivity contribution < 1.29 is 19.0 Å². The highest BCUT2D eigenvalue weighted by Gasteiger charge is 2.25. The molecule has 1 unspecified atom stereocenters. The van der Waals surface area contributed by atoms with E-state index >= 15 is 0 Å². The van der Waals surface area contributed by atoms with E-state index in [1.165, 1.54) is 0 Å². The van der Waals surface area contributed by atoms with Crippen molar-refractivity contribution in [1.29, 1.82) is 0 Å². The number of hydrogen-bond donors (Lipinski definition) is 0. The van der Waals surface area contributed by atoms with Crippen molar-refractivity contribution in [3.8, 4) is 11.8 Å². The van der Waals surface area contributed by atoms with Gasteiger partial charge >= 0.3 is 0 Å². The molecule has 1 amide bonds. The summed E-state index contributed by atoms with van der Waals surface area (Å²) in [5, 5.41) is 7.75. The molecule has 8 nitrogen and oxygen atoms in total. The molecule has 4 rings (SSSR count). The molecule has 8 heteroatoms.